The van der Waals surface area contributed by atoms with Gasteiger partial charge in [-0.3, -0.25) is 14.5 Å². The Hall–Kier alpha value is -2.07. The van der Waals surface area contributed by atoms with Crippen LogP contribution >= 0.6 is 34.4 Å². The number of hydrogen-bond donors (Lipinski definition) is 1. The van der Waals surface area contributed by atoms with E-state index in [0.29, 0.717) is 14.7 Å². The van der Waals surface area contributed by atoms with Crippen molar-refractivity contribution in [3.05, 3.63) is 61.8 Å². The normalized spacial score (nSPS) is 15.8. The van der Waals surface area contributed by atoms with Crippen LogP contribution in [0.1, 0.15) is 11.1 Å². The monoisotopic (exact) mass is 485 g/mol. The number of carbonyl (C=O) groups is 2. The topological polar surface area (TPSA) is 66.8 Å². The highest BCUT2D eigenvalue weighted by Crippen LogP contribution is 2.36. The number of hydrogen-bond acceptors (Lipinski definition) is 5. The van der Waals surface area contributed by atoms with Crippen LogP contribution < -0.4 is 4.74 Å². The molecule has 5 nitrogen and oxygen atoms in total. The number of phenolic OH excluding ortho intramolecular Hbond substituents is 1. The van der Waals surface area contributed by atoms with Gasteiger partial charge in [0.05, 0.1) is 22.1 Å². The molecular weight excluding hydrogens is 472 g/mol. The van der Waals surface area contributed by atoms with Crippen molar-refractivity contribution in [2.45, 2.75) is 6.54 Å². The predicted octanol–water partition coefficient (Wildman–Crippen LogP) is 4.38. The third kappa shape index (κ3) is 3.85. The van der Waals surface area contributed by atoms with Gasteiger partial charge in [0.15, 0.2) is 11.5 Å². The van der Waals surface area contributed by atoms with Gasteiger partial charge in [0.2, 0.25) is 0 Å². The molecule has 1 saturated heterocycles. The van der Waals surface area contributed by atoms with Crippen LogP contribution in [0, 0.1) is 9.39 Å². The summed E-state index contributed by atoms with van der Waals surface area (Å²) in [5.41, 5.74) is 1.30. The van der Waals surface area contributed by atoms with E-state index in [4.69, 9.17) is 4.74 Å². The minimum absolute atomic E-state index is 0.0228. The lowest BCUT2D eigenvalue weighted by atomic mass is 10.1. The van der Waals surface area contributed by atoms with E-state index in [-0.39, 0.29) is 34.0 Å². The van der Waals surface area contributed by atoms with E-state index in [1.807, 2.05) is 22.6 Å². The summed E-state index contributed by atoms with van der Waals surface area (Å²) in [5.74, 6) is -0.478. The molecule has 0 bridgehead atoms. The Morgan fingerprint density at radius 2 is 1.96 bits per heavy atom. The highest BCUT2D eigenvalue weighted by atomic mass is 127. The number of imide groups is 1. The van der Waals surface area contributed by atoms with Gasteiger partial charge >= 0.3 is 0 Å². The standard InChI is InChI=1S/C18H13FINO4S/c1-25-14-7-11(6-13(20)16(14)22)8-15-17(23)21(18(24)26-15)9-10-2-4-12(19)5-3-10/h2-8,22H,9H2,1H3/b15-8+. The third-order valence-electron chi connectivity index (χ3n) is 3.70. The number of methoxy groups -OCH3 is 1. The predicted molar refractivity (Wildman–Crippen MR) is 105 cm³/mol. The first-order chi connectivity index (χ1) is 12.4. The minimum atomic E-state index is -0.411. The van der Waals surface area contributed by atoms with Crippen LogP contribution in [-0.4, -0.2) is 28.3 Å². The molecule has 0 unspecified atom stereocenters. The Morgan fingerprint density at radius 1 is 1.27 bits per heavy atom. The molecule has 0 saturated carbocycles. The highest BCUT2D eigenvalue weighted by Gasteiger charge is 2.35. The van der Waals surface area contributed by atoms with Gasteiger partial charge in [-0.05, 0) is 75.8 Å². The Morgan fingerprint density at radius 3 is 2.62 bits per heavy atom. The van der Waals surface area contributed by atoms with Gasteiger partial charge in [-0.15, -0.1) is 0 Å². The maximum absolute atomic E-state index is 13.0. The molecule has 1 heterocycles. The summed E-state index contributed by atoms with van der Waals surface area (Å²) < 4.78 is 18.7. The molecule has 2 aromatic rings. The molecule has 3 rings (SSSR count). The Labute approximate surface area is 167 Å². The van der Waals surface area contributed by atoms with E-state index in [9.17, 15) is 19.1 Å². The number of aromatic hydroxyl groups is 1. The van der Waals surface area contributed by atoms with Crippen molar-refractivity contribution in [1.82, 2.24) is 4.90 Å². The van der Waals surface area contributed by atoms with Crippen molar-refractivity contribution in [3.63, 3.8) is 0 Å². The zero-order valence-corrected chi connectivity index (χ0v) is 16.5. The molecule has 134 valence electrons. The van der Waals surface area contributed by atoms with Crippen LogP contribution in [0.15, 0.2) is 41.3 Å². The molecule has 0 spiro atoms. The summed E-state index contributed by atoms with van der Waals surface area (Å²) in [6.07, 6.45) is 1.58. The summed E-state index contributed by atoms with van der Waals surface area (Å²) in [5, 5.41) is 9.50. The first-order valence-electron chi connectivity index (χ1n) is 7.45. The van der Waals surface area contributed by atoms with Crippen molar-refractivity contribution in [2.75, 3.05) is 7.11 Å². The van der Waals surface area contributed by atoms with Crippen molar-refractivity contribution in [1.29, 1.82) is 0 Å². The van der Waals surface area contributed by atoms with Crippen LogP contribution in [0.5, 0.6) is 11.5 Å². The minimum Gasteiger partial charge on any atom is -0.504 e. The summed E-state index contributed by atoms with van der Waals surface area (Å²) in [4.78, 5) is 26.1. The van der Waals surface area contributed by atoms with Crippen molar-refractivity contribution in [3.8, 4) is 11.5 Å². The van der Waals surface area contributed by atoms with Gasteiger partial charge in [-0.1, -0.05) is 12.1 Å². The maximum atomic E-state index is 13.0. The molecule has 1 N–H and O–H groups in total. The molecule has 26 heavy (non-hydrogen) atoms. The first kappa shape index (κ1) is 18.7. The zero-order valence-electron chi connectivity index (χ0n) is 13.5. The van der Waals surface area contributed by atoms with Crippen LogP contribution in [0.4, 0.5) is 9.18 Å². The number of nitrogens with zero attached hydrogens (tertiary/aromatic N) is 1. The molecular formula is C18H13FINO4S. The number of ether oxygens (including phenoxy) is 1. The van der Waals surface area contributed by atoms with E-state index < -0.39 is 5.91 Å². The summed E-state index contributed by atoms with van der Waals surface area (Å²) in [6.45, 7) is 0.0821. The zero-order chi connectivity index (χ0) is 18.8. The van der Waals surface area contributed by atoms with Gasteiger partial charge in [0.25, 0.3) is 11.1 Å². The average molecular weight is 485 g/mol. The fraction of sp³-hybridized carbons (Fsp3) is 0.111. The first-order valence-corrected chi connectivity index (χ1v) is 9.35. The van der Waals surface area contributed by atoms with E-state index in [1.54, 1.807) is 18.2 Å². The van der Waals surface area contributed by atoms with Gasteiger partial charge in [-0.2, -0.15) is 0 Å². The highest BCUT2D eigenvalue weighted by molar-refractivity contribution is 14.1. The molecule has 1 fully saturated rings. The van der Waals surface area contributed by atoms with Crippen LogP contribution in [-0.2, 0) is 11.3 Å². The Balaban J connectivity index is 1.85. The van der Waals surface area contributed by atoms with E-state index >= 15 is 0 Å². The van der Waals surface area contributed by atoms with Gasteiger partial charge in [0.1, 0.15) is 5.82 Å². The fourth-order valence-electron chi connectivity index (χ4n) is 2.39. The summed E-state index contributed by atoms with van der Waals surface area (Å²) in [7, 11) is 1.44. The van der Waals surface area contributed by atoms with Crippen LogP contribution in [0.25, 0.3) is 6.08 Å². The second-order valence-corrected chi connectivity index (χ2v) is 7.60. The number of amides is 2. The molecule has 2 aromatic carbocycles. The average Bonchev–Trinajstić information content (AvgIpc) is 2.87. The second kappa shape index (κ2) is 7.67. The van der Waals surface area contributed by atoms with E-state index in [2.05, 4.69) is 0 Å². The molecule has 0 aromatic heterocycles. The van der Waals surface area contributed by atoms with Crippen LogP contribution in [0.3, 0.4) is 0 Å². The fourth-order valence-corrected chi connectivity index (χ4v) is 3.86. The number of thioether (sulfide) groups is 1. The maximum Gasteiger partial charge on any atom is 0.293 e. The quantitative estimate of drug-likeness (QED) is 0.515. The lowest BCUT2D eigenvalue weighted by Crippen LogP contribution is -2.27. The SMILES string of the molecule is COc1cc(/C=C2/SC(=O)N(Cc3ccc(F)cc3)C2=O)cc(I)c1O. The molecule has 0 aliphatic carbocycles. The summed E-state index contributed by atoms with van der Waals surface area (Å²) >= 11 is 2.80. The molecule has 2 amide bonds. The van der Waals surface area contributed by atoms with Gasteiger partial charge in [0, 0.05) is 0 Å². The van der Waals surface area contributed by atoms with Gasteiger partial charge in [-0.25, -0.2) is 4.39 Å². The summed E-state index contributed by atoms with van der Waals surface area (Å²) in [6, 6.07) is 8.92. The largest absolute Gasteiger partial charge is 0.504 e. The van der Waals surface area contributed by atoms with E-state index in [1.165, 1.54) is 31.4 Å². The number of phenols is 1. The van der Waals surface area contributed by atoms with Crippen LogP contribution in [0.2, 0.25) is 0 Å². The number of carbonyl (C=O) groups excluding carboxylic acids is 2. The third-order valence-corrected chi connectivity index (χ3v) is 5.43. The van der Waals surface area contributed by atoms with Gasteiger partial charge < -0.3 is 9.84 Å². The van der Waals surface area contributed by atoms with E-state index in [0.717, 1.165) is 16.7 Å². The lowest BCUT2D eigenvalue weighted by Gasteiger charge is -2.12. The number of halogens is 2. The van der Waals surface area contributed by atoms with Crippen molar-refractivity contribution < 1.29 is 23.8 Å². The smallest absolute Gasteiger partial charge is 0.293 e. The molecule has 1 aliphatic heterocycles. The Bertz CT molecular complexity index is 914. The molecule has 0 atom stereocenters. The molecule has 8 heteroatoms. The second-order valence-electron chi connectivity index (χ2n) is 5.45. The Kier molecular flexibility index (Phi) is 5.52. The number of rotatable bonds is 4. The van der Waals surface area contributed by atoms with Crippen molar-refractivity contribution in [2.24, 2.45) is 0 Å². The molecule has 1 aliphatic rings. The molecule has 0 radical (unpaired) electrons. The van der Waals surface area contributed by atoms with Crippen molar-refractivity contribution >= 4 is 51.6 Å². The number of benzene rings is 2. The lowest BCUT2D eigenvalue weighted by molar-refractivity contribution is -0.123.